The van der Waals surface area contributed by atoms with Crippen LogP contribution in [0.3, 0.4) is 0 Å². The molecule has 2 aromatic rings. The summed E-state index contributed by atoms with van der Waals surface area (Å²) in [6.07, 6.45) is 1.65. The van der Waals surface area contributed by atoms with Gasteiger partial charge >= 0.3 is 0 Å². The molecule has 30 heavy (non-hydrogen) atoms. The summed E-state index contributed by atoms with van der Waals surface area (Å²) in [7, 11) is 0.764. The van der Waals surface area contributed by atoms with Gasteiger partial charge in [0.25, 0.3) is 11.8 Å². The second-order valence-corrected chi connectivity index (χ2v) is 9.11. The van der Waals surface area contributed by atoms with E-state index in [9.17, 15) is 13.8 Å². The number of ether oxygens (including phenoxy) is 1. The van der Waals surface area contributed by atoms with Gasteiger partial charge in [0.15, 0.2) is 0 Å². The zero-order valence-corrected chi connectivity index (χ0v) is 18.2. The largest absolute Gasteiger partial charge is 0.381 e. The van der Waals surface area contributed by atoms with Crippen molar-refractivity contribution in [3.05, 3.63) is 65.2 Å². The zero-order chi connectivity index (χ0) is 21.5. The number of hydrogen-bond donors (Lipinski definition) is 1. The standard InChI is InChI=1S/C23H28N2O4S/c1-3-25(2)23(27)19-8-5-7-18(15-19)22(26)24-20-9-4-6-17(14-20)16-30(28)21-10-12-29-13-11-21/h4-9,14-15,21H,3,10-13,16H2,1-2H3,(H,24,26). The van der Waals surface area contributed by atoms with Crippen LogP contribution in [0.5, 0.6) is 0 Å². The SMILES string of the molecule is CCN(C)C(=O)c1cccc(C(=O)Nc2cccc(CS(=O)C3CCOCC3)c2)c1. The number of nitrogens with one attached hydrogen (secondary N) is 1. The summed E-state index contributed by atoms with van der Waals surface area (Å²) in [5.41, 5.74) is 2.46. The Balaban J connectivity index is 1.66. The molecule has 1 aliphatic heterocycles. The van der Waals surface area contributed by atoms with E-state index in [1.54, 1.807) is 42.3 Å². The van der Waals surface area contributed by atoms with E-state index in [1.165, 1.54) is 0 Å². The van der Waals surface area contributed by atoms with Gasteiger partial charge in [-0.25, -0.2) is 0 Å². The number of hydrogen-bond acceptors (Lipinski definition) is 4. The molecule has 0 radical (unpaired) electrons. The highest BCUT2D eigenvalue weighted by atomic mass is 32.2. The summed E-state index contributed by atoms with van der Waals surface area (Å²) in [5, 5.41) is 3.04. The van der Waals surface area contributed by atoms with Crippen LogP contribution >= 0.6 is 0 Å². The fourth-order valence-electron chi connectivity index (χ4n) is 3.32. The molecule has 1 heterocycles. The number of carbonyl (C=O) groups excluding carboxylic acids is 2. The molecule has 1 N–H and O–H groups in total. The smallest absolute Gasteiger partial charge is 0.255 e. The molecule has 6 nitrogen and oxygen atoms in total. The fraction of sp³-hybridized carbons (Fsp3) is 0.391. The van der Waals surface area contributed by atoms with Crippen LogP contribution < -0.4 is 5.32 Å². The van der Waals surface area contributed by atoms with Crippen LogP contribution in [0.2, 0.25) is 0 Å². The van der Waals surface area contributed by atoms with Crippen LogP contribution in [0.15, 0.2) is 48.5 Å². The van der Waals surface area contributed by atoms with E-state index in [4.69, 9.17) is 4.74 Å². The maximum absolute atomic E-state index is 12.7. The molecule has 1 saturated heterocycles. The maximum atomic E-state index is 12.7. The highest BCUT2D eigenvalue weighted by Crippen LogP contribution is 2.19. The van der Waals surface area contributed by atoms with Crippen molar-refractivity contribution in [2.24, 2.45) is 0 Å². The molecule has 3 rings (SSSR count). The molecule has 0 aromatic heterocycles. The first kappa shape index (κ1) is 22.2. The Labute approximate surface area is 180 Å². The predicted octanol–water partition coefficient (Wildman–Crippen LogP) is 3.46. The number of amides is 2. The summed E-state index contributed by atoms with van der Waals surface area (Å²) in [5.74, 6) is 0.0538. The summed E-state index contributed by atoms with van der Waals surface area (Å²) in [6.45, 7) is 3.83. The van der Waals surface area contributed by atoms with Gasteiger partial charge in [-0.2, -0.15) is 0 Å². The Morgan fingerprint density at radius 3 is 2.53 bits per heavy atom. The van der Waals surface area contributed by atoms with E-state index in [1.807, 2.05) is 25.1 Å². The Bertz CT molecular complexity index is 925. The van der Waals surface area contributed by atoms with Gasteiger partial charge in [0, 0.05) is 65.4 Å². The van der Waals surface area contributed by atoms with Crippen LogP contribution in [0, 0.1) is 0 Å². The van der Waals surface area contributed by atoms with Gasteiger partial charge in [-0.1, -0.05) is 18.2 Å². The van der Waals surface area contributed by atoms with Crippen molar-refractivity contribution in [1.82, 2.24) is 4.90 Å². The van der Waals surface area contributed by atoms with Crippen molar-refractivity contribution in [3.63, 3.8) is 0 Å². The second-order valence-electron chi connectivity index (χ2n) is 7.39. The minimum Gasteiger partial charge on any atom is -0.381 e. The molecule has 0 bridgehead atoms. The number of anilines is 1. The van der Waals surface area contributed by atoms with Gasteiger partial charge in [-0.3, -0.25) is 13.8 Å². The van der Waals surface area contributed by atoms with E-state index in [2.05, 4.69) is 5.32 Å². The average molecular weight is 429 g/mol. The minimum atomic E-state index is -0.963. The first-order valence-corrected chi connectivity index (χ1v) is 11.6. The first-order valence-electron chi connectivity index (χ1n) is 10.2. The van der Waals surface area contributed by atoms with Gasteiger partial charge < -0.3 is 15.0 Å². The third-order valence-electron chi connectivity index (χ3n) is 5.23. The average Bonchev–Trinajstić information content (AvgIpc) is 2.79. The topological polar surface area (TPSA) is 75.7 Å². The second kappa shape index (κ2) is 10.5. The Morgan fingerprint density at radius 1 is 1.10 bits per heavy atom. The number of benzene rings is 2. The molecule has 1 unspecified atom stereocenters. The molecule has 1 aliphatic rings. The van der Waals surface area contributed by atoms with E-state index in [0.29, 0.717) is 42.3 Å². The molecule has 1 atom stereocenters. The van der Waals surface area contributed by atoms with Crippen molar-refractivity contribution in [2.75, 3.05) is 32.1 Å². The van der Waals surface area contributed by atoms with Crippen molar-refractivity contribution in [3.8, 4) is 0 Å². The molecular formula is C23H28N2O4S. The van der Waals surface area contributed by atoms with Gasteiger partial charge in [-0.05, 0) is 55.7 Å². The van der Waals surface area contributed by atoms with Crippen LogP contribution in [-0.4, -0.2) is 53.0 Å². The lowest BCUT2D eigenvalue weighted by Gasteiger charge is -2.21. The highest BCUT2D eigenvalue weighted by Gasteiger charge is 2.20. The summed E-state index contributed by atoms with van der Waals surface area (Å²) in [6, 6.07) is 14.1. The first-order chi connectivity index (χ1) is 14.5. The third-order valence-corrected chi connectivity index (χ3v) is 7.06. The molecule has 0 aliphatic carbocycles. The Kier molecular flexibility index (Phi) is 7.76. The monoisotopic (exact) mass is 428 g/mol. The van der Waals surface area contributed by atoms with Crippen LogP contribution in [0.1, 0.15) is 46.0 Å². The molecule has 160 valence electrons. The van der Waals surface area contributed by atoms with Crippen molar-refractivity contribution in [2.45, 2.75) is 30.8 Å². The van der Waals surface area contributed by atoms with Crippen LogP contribution in [-0.2, 0) is 21.3 Å². The maximum Gasteiger partial charge on any atom is 0.255 e. The summed E-state index contributed by atoms with van der Waals surface area (Å²) < 4.78 is 18.0. The van der Waals surface area contributed by atoms with Gasteiger partial charge in [0.05, 0.1) is 0 Å². The molecule has 0 saturated carbocycles. The van der Waals surface area contributed by atoms with E-state index >= 15 is 0 Å². The summed E-state index contributed by atoms with van der Waals surface area (Å²) in [4.78, 5) is 26.6. The lowest BCUT2D eigenvalue weighted by molar-refractivity contribution is 0.0802. The van der Waals surface area contributed by atoms with Gasteiger partial charge in [0.2, 0.25) is 0 Å². The fourth-order valence-corrected chi connectivity index (χ4v) is 4.78. The van der Waals surface area contributed by atoms with E-state index in [0.717, 1.165) is 18.4 Å². The number of carbonyl (C=O) groups is 2. The van der Waals surface area contributed by atoms with Crippen LogP contribution in [0.4, 0.5) is 5.69 Å². The third kappa shape index (κ3) is 5.77. The Hall–Kier alpha value is -2.51. The van der Waals surface area contributed by atoms with Gasteiger partial charge in [-0.15, -0.1) is 0 Å². The normalized spacial score (nSPS) is 15.4. The lowest BCUT2D eigenvalue weighted by atomic mass is 10.1. The van der Waals surface area contributed by atoms with Crippen molar-refractivity contribution in [1.29, 1.82) is 0 Å². The van der Waals surface area contributed by atoms with E-state index in [-0.39, 0.29) is 17.1 Å². The van der Waals surface area contributed by atoms with Crippen molar-refractivity contribution < 1.29 is 18.5 Å². The molecule has 2 aromatic carbocycles. The number of nitrogens with zero attached hydrogens (tertiary/aromatic N) is 1. The molecule has 0 spiro atoms. The quantitative estimate of drug-likeness (QED) is 0.733. The lowest BCUT2D eigenvalue weighted by Crippen LogP contribution is -2.26. The molecular weight excluding hydrogens is 400 g/mol. The molecule has 1 fully saturated rings. The van der Waals surface area contributed by atoms with E-state index < -0.39 is 10.8 Å². The van der Waals surface area contributed by atoms with Crippen molar-refractivity contribution >= 4 is 28.3 Å². The molecule has 2 amide bonds. The molecule has 7 heteroatoms. The highest BCUT2D eigenvalue weighted by molar-refractivity contribution is 7.84. The predicted molar refractivity (Wildman–Crippen MR) is 119 cm³/mol. The summed E-state index contributed by atoms with van der Waals surface area (Å²) >= 11 is 0. The number of rotatable bonds is 7. The minimum absolute atomic E-state index is 0.121. The van der Waals surface area contributed by atoms with Crippen LogP contribution in [0.25, 0.3) is 0 Å². The Morgan fingerprint density at radius 2 is 1.80 bits per heavy atom. The van der Waals surface area contributed by atoms with Gasteiger partial charge in [0.1, 0.15) is 0 Å². The zero-order valence-electron chi connectivity index (χ0n) is 17.4.